The Hall–Kier alpha value is -1.06. The molecular formula is C11H14ClN3. The van der Waals surface area contributed by atoms with Crippen molar-refractivity contribution in [1.82, 2.24) is 14.7 Å². The van der Waals surface area contributed by atoms with Crippen LogP contribution in [0.3, 0.4) is 0 Å². The van der Waals surface area contributed by atoms with Crippen molar-refractivity contribution in [3.05, 3.63) is 34.9 Å². The van der Waals surface area contributed by atoms with E-state index >= 15 is 0 Å². The summed E-state index contributed by atoms with van der Waals surface area (Å²) in [6.07, 6.45) is 1.99. The van der Waals surface area contributed by atoms with Crippen LogP contribution in [0.25, 0.3) is 5.52 Å². The SMILES string of the molecule is CNC(C)c1nc(Cl)c2c(C)cccn12. The fraction of sp³-hybridized carbons (Fsp3) is 0.364. The Morgan fingerprint density at radius 1 is 1.53 bits per heavy atom. The zero-order chi connectivity index (χ0) is 11.0. The fourth-order valence-corrected chi connectivity index (χ4v) is 2.04. The topological polar surface area (TPSA) is 29.3 Å². The number of hydrogen-bond acceptors (Lipinski definition) is 2. The van der Waals surface area contributed by atoms with Gasteiger partial charge in [-0.15, -0.1) is 0 Å². The highest BCUT2D eigenvalue weighted by molar-refractivity contribution is 6.32. The lowest BCUT2D eigenvalue weighted by atomic mass is 10.2. The van der Waals surface area contributed by atoms with Crippen molar-refractivity contribution in [2.45, 2.75) is 19.9 Å². The van der Waals surface area contributed by atoms with Crippen molar-refractivity contribution in [3.8, 4) is 0 Å². The molecule has 80 valence electrons. The molecule has 0 fully saturated rings. The molecule has 0 amide bonds. The number of pyridine rings is 1. The maximum absolute atomic E-state index is 6.12. The number of fused-ring (bicyclic) bond motifs is 1. The average molecular weight is 224 g/mol. The second kappa shape index (κ2) is 3.83. The first-order valence-electron chi connectivity index (χ1n) is 4.95. The first kappa shape index (κ1) is 10.5. The van der Waals surface area contributed by atoms with Gasteiger partial charge in [-0.3, -0.25) is 0 Å². The van der Waals surface area contributed by atoms with E-state index in [1.54, 1.807) is 0 Å². The summed E-state index contributed by atoms with van der Waals surface area (Å²) in [6.45, 7) is 4.10. The van der Waals surface area contributed by atoms with Crippen molar-refractivity contribution in [2.75, 3.05) is 7.05 Å². The minimum atomic E-state index is 0.187. The highest BCUT2D eigenvalue weighted by Crippen LogP contribution is 2.24. The van der Waals surface area contributed by atoms with Crippen LogP contribution in [0.2, 0.25) is 5.15 Å². The van der Waals surface area contributed by atoms with E-state index in [9.17, 15) is 0 Å². The van der Waals surface area contributed by atoms with Crippen LogP contribution in [0, 0.1) is 6.92 Å². The molecule has 2 aromatic rings. The summed E-state index contributed by atoms with van der Waals surface area (Å²) in [6, 6.07) is 4.23. The first-order valence-corrected chi connectivity index (χ1v) is 5.33. The maximum Gasteiger partial charge on any atom is 0.155 e. The second-order valence-electron chi connectivity index (χ2n) is 3.68. The summed E-state index contributed by atoms with van der Waals surface area (Å²) < 4.78 is 2.04. The summed E-state index contributed by atoms with van der Waals surface area (Å²) in [7, 11) is 1.91. The van der Waals surface area contributed by atoms with Gasteiger partial charge in [0.15, 0.2) is 5.15 Å². The van der Waals surface area contributed by atoms with E-state index in [1.165, 1.54) is 0 Å². The molecule has 0 saturated carbocycles. The third-order valence-corrected chi connectivity index (χ3v) is 2.93. The molecular weight excluding hydrogens is 210 g/mol. The Morgan fingerprint density at radius 2 is 2.27 bits per heavy atom. The Bertz CT molecular complexity index is 490. The molecule has 0 aliphatic rings. The van der Waals surface area contributed by atoms with Crippen LogP contribution in [0.15, 0.2) is 18.3 Å². The number of nitrogens with zero attached hydrogens (tertiary/aromatic N) is 2. The van der Waals surface area contributed by atoms with Crippen molar-refractivity contribution in [2.24, 2.45) is 0 Å². The maximum atomic E-state index is 6.12. The van der Waals surface area contributed by atoms with E-state index in [0.29, 0.717) is 5.15 Å². The molecule has 2 heterocycles. The summed E-state index contributed by atoms with van der Waals surface area (Å²) in [4.78, 5) is 4.39. The second-order valence-corrected chi connectivity index (χ2v) is 4.04. The van der Waals surface area contributed by atoms with Crippen molar-refractivity contribution in [3.63, 3.8) is 0 Å². The summed E-state index contributed by atoms with van der Waals surface area (Å²) >= 11 is 6.12. The van der Waals surface area contributed by atoms with Crippen LogP contribution in [0.4, 0.5) is 0 Å². The Balaban J connectivity index is 2.73. The van der Waals surface area contributed by atoms with Gasteiger partial charge in [-0.05, 0) is 32.5 Å². The minimum absolute atomic E-state index is 0.187. The zero-order valence-electron chi connectivity index (χ0n) is 9.08. The van der Waals surface area contributed by atoms with Gasteiger partial charge >= 0.3 is 0 Å². The highest BCUT2D eigenvalue weighted by Gasteiger charge is 2.14. The third-order valence-electron chi connectivity index (χ3n) is 2.67. The summed E-state index contributed by atoms with van der Waals surface area (Å²) in [5, 5.41) is 3.74. The summed E-state index contributed by atoms with van der Waals surface area (Å²) in [5.41, 5.74) is 2.14. The van der Waals surface area contributed by atoms with Crippen LogP contribution in [-0.4, -0.2) is 16.4 Å². The van der Waals surface area contributed by atoms with Gasteiger partial charge in [-0.25, -0.2) is 4.98 Å². The monoisotopic (exact) mass is 223 g/mol. The van der Waals surface area contributed by atoms with Gasteiger partial charge < -0.3 is 9.72 Å². The fourth-order valence-electron chi connectivity index (χ4n) is 1.71. The lowest BCUT2D eigenvalue weighted by molar-refractivity contribution is 0.608. The van der Waals surface area contributed by atoms with Gasteiger partial charge in [0.25, 0.3) is 0 Å². The molecule has 0 aromatic carbocycles. The summed E-state index contributed by atoms with van der Waals surface area (Å²) in [5.74, 6) is 0.946. The molecule has 15 heavy (non-hydrogen) atoms. The van der Waals surface area contributed by atoms with Crippen LogP contribution in [0.1, 0.15) is 24.4 Å². The lowest BCUT2D eigenvalue weighted by Crippen LogP contribution is -2.15. The number of rotatable bonds is 2. The molecule has 0 aliphatic heterocycles. The number of nitrogens with one attached hydrogen (secondary N) is 1. The predicted octanol–water partition coefficient (Wildman–Crippen LogP) is 2.58. The van der Waals surface area contributed by atoms with Crippen LogP contribution < -0.4 is 5.32 Å². The van der Waals surface area contributed by atoms with Gasteiger partial charge in [0.05, 0.1) is 11.6 Å². The molecule has 0 aliphatic carbocycles. The van der Waals surface area contributed by atoms with E-state index in [-0.39, 0.29) is 6.04 Å². The van der Waals surface area contributed by atoms with Gasteiger partial charge in [0, 0.05) is 6.20 Å². The van der Waals surface area contributed by atoms with Gasteiger partial charge in [0.1, 0.15) is 5.82 Å². The van der Waals surface area contributed by atoms with E-state index in [2.05, 4.69) is 17.2 Å². The molecule has 3 nitrogen and oxygen atoms in total. The third kappa shape index (κ3) is 1.62. The molecule has 0 spiro atoms. The molecule has 0 saturated heterocycles. The molecule has 0 radical (unpaired) electrons. The van der Waals surface area contributed by atoms with Crippen molar-refractivity contribution in [1.29, 1.82) is 0 Å². The van der Waals surface area contributed by atoms with Crippen LogP contribution >= 0.6 is 11.6 Å². The van der Waals surface area contributed by atoms with Gasteiger partial charge in [0.2, 0.25) is 0 Å². The predicted molar refractivity (Wildman–Crippen MR) is 62.4 cm³/mol. The van der Waals surface area contributed by atoms with E-state index in [1.807, 2.05) is 36.7 Å². The zero-order valence-corrected chi connectivity index (χ0v) is 9.84. The molecule has 0 bridgehead atoms. The van der Waals surface area contributed by atoms with Crippen molar-refractivity contribution >= 4 is 17.1 Å². The molecule has 2 aromatic heterocycles. The van der Waals surface area contributed by atoms with E-state index < -0.39 is 0 Å². The molecule has 1 unspecified atom stereocenters. The van der Waals surface area contributed by atoms with E-state index in [0.717, 1.165) is 16.9 Å². The number of hydrogen-bond donors (Lipinski definition) is 1. The standard InChI is InChI=1S/C11H14ClN3/c1-7-5-4-6-15-9(7)10(12)14-11(15)8(2)13-3/h4-6,8,13H,1-3H3. The van der Waals surface area contributed by atoms with Crippen LogP contribution in [0.5, 0.6) is 0 Å². The number of halogens is 1. The Labute approximate surface area is 94.1 Å². The first-order chi connectivity index (χ1) is 7.15. The highest BCUT2D eigenvalue weighted by atomic mass is 35.5. The Morgan fingerprint density at radius 3 is 2.93 bits per heavy atom. The average Bonchev–Trinajstić information content (AvgIpc) is 2.56. The molecule has 2 rings (SSSR count). The smallest absolute Gasteiger partial charge is 0.155 e. The lowest BCUT2D eigenvalue weighted by Gasteiger charge is -2.08. The number of aryl methyl sites for hydroxylation is 1. The molecule has 1 N–H and O–H groups in total. The number of aromatic nitrogens is 2. The normalized spacial score (nSPS) is 13.3. The quantitative estimate of drug-likeness (QED) is 0.848. The number of imidazole rings is 1. The molecule has 1 atom stereocenters. The van der Waals surface area contributed by atoms with E-state index in [4.69, 9.17) is 11.6 Å². The minimum Gasteiger partial charge on any atom is -0.311 e. The van der Waals surface area contributed by atoms with Crippen molar-refractivity contribution < 1.29 is 0 Å². The largest absolute Gasteiger partial charge is 0.311 e. The van der Waals surface area contributed by atoms with Gasteiger partial charge in [-0.2, -0.15) is 0 Å². The molecule has 4 heteroatoms. The Kier molecular flexibility index (Phi) is 2.67. The van der Waals surface area contributed by atoms with Gasteiger partial charge in [-0.1, -0.05) is 17.7 Å². The van der Waals surface area contributed by atoms with Crippen LogP contribution in [-0.2, 0) is 0 Å².